The predicted octanol–water partition coefficient (Wildman–Crippen LogP) is 4.45. The number of H-pyrrole nitrogens is 1. The molecule has 0 radical (unpaired) electrons. The van der Waals surface area contributed by atoms with Gasteiger partial charge in [-0.25, -0.2) is 4.98 Å². The van der Waals surface area contributed by atoms with Crippen molar-refractivity contribution in [2.45, 2.75) is 46.1 Å². The lowest BCUT2D eigenvalue weighted by atomic mass is 10.1. The van der Waals surface area contributed by atoms with Crippen LogP contribution >= 0.6 is 11.3 Å². The van der Waals surface area contributed by atoms with Crippen molar-refractivity contribution in [2.24, 2.45) is 0 Å². The van der Waals surface area contributed by atoms with Crippen LogP contribution in [0.25, 0.3) is 21.6 Å². The number of aryl methyl sites for hydroxylation is 3. The molecule has 0 unspecified atom stereocenters. The molecule has 0 spiro atoms. The summed E-state index contributed by atoms with van der Waals surface area (Å²) in [6.45, 7) is 4.74. The molecule has 0 aliphatic heterocycles. The summed E-state index contributed by atoms with van der Waals surface area (Å²) in [6.07, 6.45) is 5.44. The lowest BCUT2D eigenvalue weighted by Crippen LogP contribution is -2.25. The highest BCUT2D eigenvalue weighted by atomic mass is 32.1. The number of nitrogens with zero attached hydrogens (tertiary/aromatic N) is 2. The molecule has 3 heterocycles. The molecule has 1 aliphatic rings. The molecule has 4 aromatic rings. The van der Waals surface area contributed by atoms with Gasteiger partial charge in [0.05, 0.1) is 18.5 Å². The van der Waals surface area contributed by atoms with E-state index in [-0.39, 0.29) is 17.5 Å². The Labute approximate surface area is 189 Å². The third-order valence-corrected chi connectivity index (χ3v) is 7.12. The summed E-state index contributed by atoms with van der Waals surface area (Å²) >= 11 is 1.64. The normalized spacial score (nSPS) is 12.9. The van der Waals surface area contributed by atoms with Crippen LogP contribution in [0.3, 0.4) is 0 Å². The number of rotatable bonds is 6. The standard InChI is InChI=1S/C25H25N3O3S/c1-3-11-31-20-13-26-16(12-19(20)29)14-28-23(17-8-5-4-7-15(17)2)27-24-22(25(28)30)18-9-6-10-21(18)32-24/h4-5,7-8,12-13H,3,6,9-11,14H2,1-2H3,(H,26,29). The number of ether oxygens (including phenoxy) is 1. The number of aromatic nitrogens is 3. The fourth-order valence-electron chi connectivity index (χ4n) is 4.34. The van der Waals surface area contributed by atoms with Crippen LogP contribution < -0.4 is 15.7 Å². The molecule has 0 saturated heterocycles. The number of aromatic amines is 1. The van der Waals surface area contributed by atoms with Crippen molar-refractivity contribution in [2.75, 3.05) is 6.61 Å². The maximum atomic E-state index is 13.8. The van der Waals surface area contributed by atoms with Gasteiger partial charge in [-0.2, -0.15) is 0 Å². The van der Waals surface area contributed by atoms with Gasteiger partial charge >= 0.3 is 0 Å². The predicted molar refractivity (Wildman–Crippen MR) is 128 cm³/mol. The van der Waals surface area contributed by atoms with Crippen LogP contribution in [0.15, 0.2) is 46.1 Å². The highest BCUT2D eigenvalue weighted by molar-refractivity contribution is 7.18. The van der Waals surface area contributed by atoms with Gasteiger partial charge in [-0.15, -0.1) is 11.3 Å². The molecular weight excluding hydrogens is 422 g/mol. The number of pyridine rings is 1. The molecule has 0 fully saturated rings. The lowest BCUT2D eigenvalue weighted by molar-refractivity contribution is 0.313. The summed E-state index contributed by atoms with van der Waals surface area (Å²) in [5.41, 5.74) is 3.54. The zero-order chi connectivity index (χ0) is 22.2. The van der Waals surface area contributed by atoms with Gasteiger partial charge in [-0.05, 0) is 43.7 Å². The minimum atomic E-state index is -0.192. The van der Waals surface area contributed by atoms with Crippen LogP contribution in [0.2, 0.25) is 0 Å². The SMILES string of the molecule is CCCOc1c[nH]c(Cn2c(-c3ccccc3C)nc3sc4c(c3c2=O)CCC4)cc1=O. The first-order valence-electron chi connectivity index (χ1n) is 11.0. The highest BCUT2D eigenvalue weighted by Gasteiger charge is 2.24. The molecule has 7 heteroatoms. The number of benzene rings is 1. The van der Waals surface area contributed by atoms with Crippen molar-refractivity contribution < 1.29 is 4.74 Å². The molecule has 0 atom stereocenters. The van der Waals surface area contributed by atoms with E-state index >= 15 is 0 Å². The van der Waals surface area contributed by atoms with E-state index in [1.807, 2.05) is 38.1 Å². The average Bonchev–Trinajstić information content (AvgIpc) is 3.36. The van der Waals surface area contributed by atoms with E-state index in [4.69, 9.17) is 9.72 Å². The van der Waals surface area contributed by atoms with Gasteiger partial charge in [0.1, 0.15) is 10.7 Å². The van der Waals surface area contributed by atoms with E-state index in [2.05, 4.69) is 4.98 Å². The zero-order valence-electron chi connectivity index (χ0n) is 18.2. The monoisotopic (exact) mass is 447 g/mol. The Bertz CT molecular complexity index is 1430. The number of hydrogen-bond acceptors (Lipinski definition) is 5. The molecular formula is C25H25N3O3S. The molecule has 32 heavy (non-hydrogen) atoms. The summed E-state index contributed by atoms with van der Waals surface area (Å²) in [6, 6.07) is 9.46. The first kappa shape index (κ1) is 20.7. The number of fused-ring (bicyclic) bond motifs is 3. The minimum Gasteiger partial charge on any atom is -0.488 e. The fraction of sp³-hybridized carbons (Fsp3) is 0.320. The van der Waals surface area contributed by atoms with E-state index in [9.17, 15) is 9.59 Å². The topological polar surface area (TPSA) is 77.0 Å². The van der Waals surface area contributed by atoms with E-state index in [1.54, 1.807) is 22.1 Å². The second-order valence-electron chi connectivity index (χ2n) is 8.21. The summed E-state index contributed by atoms with van der Waals surface area (Å²) in [7, 11) is 0. The molecule has 6 nitrogen and oxygen atoms in total. The Balaban J connectivity index is 1.67. The molecule has 1 aliphatic carbocycles. The van der Waals surface area contributed by atoms with Gasteiger partial charge in [0.15, 0.2) is 5.75 Å². The molecule has 1 aromatic carbocycles. The van der Waals surface area contributed by atoms with Crippen molar-refractivity contribution in [3.63, 3.8) is 0 Å². The first-order valence-corrected chi connectivity index (χ1v) is 11.8. The Kier molecular flexibility index (Phi) is 5.43. The quantitative estimate of drug-likeness (QED) is 0.474. The summed E-state index contributed by atoms with van der Waals surface area (Å²) in [5, 5.41) is 0.741. The van der Waals surface area contributed by atoms with Crippen molar-refractivity contribution in [3.8, 4) is 17.1 Å². The van der Waals surface area contributed by atoms with Crippen molar-refractivity contribution >= 4 is 21.6 Å². The van der Waals surface area contributed by atoms with Crippen molar-refractivity contribution in [1.82, 2.24) is 14.5 Å². The van der Waals surface area contributed by atoms with Crippen LogP contribution in [0.1, 0.15) is 41.5 Å². The molecule has 0 amide bonds. The van der Waals surface area contributed by atoms with Gasteiger partial charge in [0, 0.05) is 28.4 Å². The largest absolute Gasteiger partial charge is 0.488 e. The van der Waals surface area contributed by atoms with Crippen LogP contribution in [0.4, 0.5) is 0 Å². The van der Waals surface area contributed by atoms with E-state index in [1.165, 1.54) is 10.9 Å². The first-order chi connectivity index (χ1) is 15.6. The fourth-order valence-corrected chi connectivity index (χ4v) is 5.59. The third kappa shape index (κ3) is 3.56. The minimum absolute atomic E-state index is 0.0418. The second-order valence-corrected chi connectivity index (χ2v) is 9.30. The Morgan fingerprint density at radius 1 is 1.22 bits per heavy atom. The molecule has 0 bridgehead atoms. The van der Waals surface area contributed by atoms with Gasteiger partial charge in [0.25, 0.3) is 5.56 Å². The summed E-state index contributed by atoms with van der Waals surface area (Å²) < 4.78 is 7.20. The third-order valence-electron chi connectivity index (χ3n) is 5.94. The molecule has 1 N–H and O–H groups in total. The highest BCUT2D eigenvalue weighted by Crippen LogP contribution is 2.36. The van der Waals surface area contributed by atoms with E-state index in [0.29, 0.717) is 23.9 Å². The van der Waals surface area contributed by atoms with Crippen molar-refractivity contribution in [3.05, 3.63) is 78.8 Å². The Morgan fingerprint density at radius 2 is 2.06 bits per heavy atom. The second kappa shape index (κ2) is 8.39. The van der Waals surface area contributed by atoms with Crippen LogP contribution in [0.5, 0.6) is 5.75 Å². The number of thiophene rings is 1. The maximum absolute atomic E-state index is 13.8. The average molecular weight is 448 g/mol. The smallest absolute Gasteiger partial charge is 0.263 e. The van der Waals surface area contributed by atoms with Crippen LogP contribution in [-0.2, 0) is 19.4 Å². The van der Waals surface area contributed by atoms with Crippen molar-refractivity contribution in [1.29, 1.82) is 0 Å². The molecule has 3 aromatic heterocycles. The summed E-state index contributed by atoms with van der Waals surface area (Å²) in [4.78, 5) is 36.5. The van der Waals surface area contributed by atoms with Gasteiger partial charge in [-0.3, -0.25) is 14.2 Å². The Morgan fingerprint density at radius 3 is 2.84 bits per heavy atom. The number of nitrogens with one attached hydrogen (secondary N) is 1. The van der Waals surface area contributed by atoms with Crippen LogP contribution in [0, 0.1) is 6.92 Å². The molecule has 164 valence electrons. The molecule has 5 rings (SSSR count). The van der Waals surface area contributed by atoms with Crippen LogP contribution in [-0.4, -0.2) is 21.1 Å². The maximum Gasteiger partial charge on any atom is 0.263 e. The summed E-state index contributed by atoms with van der Waals surface area (Å²) in [5.74, 6) is 0.930. The van der Waals surface area contributed by atoms with Gasteiger partial charge in [0.2, 0.25) is 5.43 Å². The zero-order valence-corrected chi connectivity index (χ0v) is 19.1. The Hall–Kier alpha value is -3.19. The van der Waals surface area contributed by atoms with Gasteiger partial charge < -0.3 is 9.72 Å². The molecule has 0 saturated carbocycles. The lowest BCUT2D eigenvalue weighted by Gasteiger charge is -2.15. The van der Waals surface area contributed by atoms with Gasteiger partial charge in [-0.1, -0.05) is 31.2 Å². The van der Waals surface area contributed by atoms with E-state index < -0.39 is 0 Å². The number of hydrogen-bond donors (Lipinski definition) is 1. The van der Waals surface area contributed by atoms with E-state index in [0.717, 1.165) is 52.6 Å².